The number of carbonyl (C=O) groups is 1. The lowest BCUT2D eigenvalue weighted by molar-refractivity contribution is -0.121. The number of rotatable bonds is 5. The van der Waals surface area contributed by atoms with E-state index in [4.69, 9.17) is 9.47 Å². The first-order chi connectivity index (χ1) is 9.71. The van der Waals surface area contributed by atoms with Gasteiger partial charge in [0, 0.05) is 12.6 Å². The molecule has 0 saturated carbocycles. The molecule has 110 valence electrons. The Morgan fingerprint density at radius 3 is 2.80 bits per heavy atom. The van der Waals surface area contributed by atoms with Crippen LogP contribution in [-0.2, 0) is 4.79 Å². The van der Waals surface area contributed by atoms with Gasteiger partial charge in [0.05, 0.1) is 25.9 Å². The SMILES string of the molecule is CCNC1CCCN(c2cc(OC)ccc2OC)C1=O. The molecule has 1 fully saturated rings. The van der Waals surface area contributed by atoms with Crippen LogP contribution in [0.2, 0.25) is 0 Å². The number of likely N-dealkylation sites (N-methyl/N-ethyl adjacent to an activating group) is 1. The van der Waals surface area contributed by atoms with E-state index in [9.17, 15) is 4.79 Å². The van der Waals surface area contributed by atoms with Crippen LogP contribution < -0.4 is 19.7 Å². The van der Waals surface area contributed by atoms with E-state index in [1.54, 1.807) is 19.1 Å². The summed E-state index contributed by atoms with van der Waals surface area (Å²) in [4.78, 5) is 14.3. The lowest BCUT2D eigenvalue weighted by atomic mass is 10.0. The Kier molecular flexibility index (Phi) is 4.84. The Labute approximate surface area is 119 Å². The van der Waals surface area contributed by atoms with Crippen molar-refractivity contribution in [1.29, 1.82) is 0 Å². The molecule has 1 aliphatic heterocycles. The van der Waals surface area contributed by atoms with Crippen molar-refractivity contribution in [2.24, 2.45) is 0 Å². The summed E-state index contributed by atoms with van der Waals surface area (Å²) in [6, 6.07) is 5.41. The van der Waals surface area contributed by atoms with Gasteiger partial charge in [0.15, 0.2) is 0 Å². The topological polar surface area (TPSA) is 50.8 Å². The molecule has 1 aromatic carbocycles. The third kappa shape index (κ3) is 2.88. The smallest absolute Gasteiger partial charge is 0.244 e. The highest BCUT2D eigenvalue weighted by atomic mass is 16.5. The number of piperidine rings is 1. The maximum Gasteiger partial charge on any atom is 0.244 e. The minimum absolute atomic E-state index is 0.102. The van der Waals surface area contributed by atoms with E-state index in [2.05, 4.69) is 5.32 Å². The molecule has 0 bridgehead atoms. The van der Waals surface area contributed by atoms with Crippen molar-refractivity contribution in [2.45, 2.75) is 25.8 Å². The lowest BCUT2D eigenvalue weighted by Gasteiger charge is -2.33. The van der Waals surface area contributed by atoms with Crippen LogP contribution in [0.15, 0.2) is 18.2 Å². The van der Waals surface area contributed by atoms with Crippen LogP contribution in [-0.4, -0.2) is 39.3 Å². The zero-order chi connectivity index (χ0) is 14.5. The first-order valence-corrected chi connectivity index (χ1v) is 6.98. The normalized spacial score (nSPS) is 19.1. The second kappa shape index (κ2) is 6.61. The molecule has 0 aliphatic carbocycles. The number of benzene rings is 1. The first kappa shape index (κ1) is 14.7. The molecule has 1 amide bonds. The zero-order valence-electron chi connectivity index (χ0n) is 12.3. The number of anilines is 1. The summed E-state index contributed by atoms with van der Waals surface area (Å²) < 4.78 is 10.6. The van der Waals surface area contributed by atoms with Crippen LogP contribution in [0.3, 0.4) is 0 Å². The Hall–Kier alpha value is -1.75. The average molecular weight is 278 g/mol. The van der Waals surface area contributed by atoms with Gasteiger partial charge in [0.2, 0.25) is 5.91 Å². The van der Waals surface area contributed by atoms with Gasteiger partial charge in [0.25, 0.3) is 0 Å². The average Bonchev–Trinajstić information content (AvgIpc) is 2.49. The summed E-state index contributed by atoms with van der Waals surface area (Å²) in [5.74, 6) is 1.51. The third-order valence-electron chi connectivity index (χ3n) is 3.57. The van der Waals surface area contributed by atoms with Gasteiger partial charge in [0.1, 0.15) is 11.5 Å². The summed E-state index contributed by atoms with van der Waals surface area (Å²) >= 11 is 0. The van der Waals surface area contributed by atoms with Crippen molar-refractivity contribution < 1.29 is 14.3 Å². The van der Waals surface area contributed by atoms with Crippen LogP contribution in [0.5, 0.6) is 11.5 Å². The van der Waals surface area contributed by atoms with Gasteiger partial charge in [-0.15, -0.1) is 0 Å². The summed E-state index contributed by atoms with van der Waals surface area (Å²) in [5, 5.41) is 3.24. The fourth-order valence-electron chi connectivity index (χ4n) is 2.56. The summed E-state index contributed by atoms with van der Waals surface area (Å²) in [6.45, 7) is 3.52. The molecule has 1 saturated heterocycles. The Morgan fingerprint density at radius 2 is 2.15 bits per heavy atom. The largest absolute Gasteiger partial charge is 0.497 e. The highest BCUT2D eigenvalue weighted by molar-refractivity contribution is 5.99. The van der Waals surface area contributed by atoms with Crippen LogP contribution in [0.1, 0.15) is 19.8 Å². The molecule has 1 N–H and O–H groups in total. The molecule has 0 radical (unpaired) electrons. The quantitative estimate of drug-likeness (QED) is 0.892. The minimum atomic E-state index is -0.107. The molecule has 5 heteroatoms. The summed E-state index contributed by atoms with van der Waals surface area (Å²) in [5.41, 5.74) is 0.777. The van der Waals surface area contributed by atoms with Crippen LogP contribution in [0.25, 0.3) is 0 Å². The monoisotopic (exact) mass is 278 g/mol. The van der Waals surface area contributed by atoms with Crippen molar-refractivity contribution in [3.05, 3.63) is 18.2 Å². The number of nitrogens with zero attached hydrogens (tertiary/aromatic N) is 1. The molecule has 1 unspecified atom stereocenters. The zero-order valence-corrected chi connectivity index (χ0v) is 12.3. The van der Waals surface area contributed by atoms with Gasteiger partial charge in [-0.25, -0.2) is 0 Å². The number of methoxy groups -OCH3 is 2. The second-order valence-corrected chi connectivity index (χ2v) is 4.78. The van der Waals surface area contributed by atoms with Gasteiger partial charge < -0.3 is 19.7 Å². The highest BCUT2D eigenvalue weighted by Crippen LogP contribution is 2.34. The van der Waals surface area contributed by atoms with Crippen LogP contribution in [0, 0.1) is 0 Å². The van der Waals surface area contributed by atoms with Gasteiger partial charge in [-0.2, -0.15) is 0 Å². The molecular weight excluding hydrogens is 256 g/mol. The highest BCUT2D eigenvalue weighted by Gasteiger charge is 2.30. The van der Waals surface area contributed by atoms with E-state index in [-0.39, 0.29) is 11.9 Å². The molecule has 1 aliphatic rings. The van der Waals surface area contributed by atoms with Crippen molar-refractivity contribution in [1.82, 2.24) is 5.32 Å². The minimum Gasteiger partial charge on any atom is -0.497 e. The third-order valence-corrected chi connectivity index (χ3v) is 3.57. The fourth-order valence-corrected chi connectivity index (χ4v) is 2.56. The van der Waals surface area contributed by atoms with Crippen LogP contribution >= 0.6 is 0 Å². The molecule has 20 heavy (non-hydrogen) atoms. The number of hydrogen-bond donors (Lipinski definition) is 1. The molecule has 0 aromatic heterocycles. The fraction of sp³-hybridized carbons (Fsp3) is 0.533. The standard InChI is InChI=1S/C15H22N2O3/c1-4-16-12-6-5-9-17(15(12)18)13-10-11(19-2)7-8-14(13)20-3/h7-8,10,12,16H,4-6,9H2,1-3H3. The van der Waals surface area contributed by atoms with E-state index < -0.39 is 0 Å². The summed E-state index contributed by atoms with van der Waals surface area (Å²) in [6.07, 6.45) is 1.86. The van der Waals surface area contributed by atoms with Crippen LogP contribution in [0.4, 0.5) is 5.69 Å². The molecule has 0 spiro atoms. The molecule has 1 heterocycles. The van der Waals surface area contributed by atoms with E-state index >= 15 is 0 Å². The number of ether oxygens (including phenoxy) is 2. The Morgan fingerprint density at radius 1 is 1.35 bits per heavy atom. The number of carbonyl (C=O) groups excluding carboxylic acids is 1. The van der Waals surface area contributed by atoms with Crippen molar-refractivity contribution in [3.63, 3.8) is 0 Å². The number of hydrogen-bond acceptors (Lipinski definition) is 4. The molecular formula is C15H22N2O3. The molecule has 5 nitrogen and oxygen atoms in total. The molecule has 2 rings (SSSR count). The van der Waals surface area contributed by atoms with E-state index in [0.29, 0.717) is 12.3 Å². The molecule has 1 aromatic rings. The second-order valence-electron chi connectivity index (χ2n) is 4.78. The van der Waals surface area contributed by atoms with E-state index in [1.165, 1.54) is 0 Å². The van der Waals surface area contributed by atoms with Crippen molar-refractivity contribution >= 4 is 11.6 Å². The first-order valence-electron chi connectivity index (χ1n) is 6.98. The Balaban J connectivity index is 2.31. The number of nitrogens with one attached hydrogen (secondary N) is 1. The van der Waals surface area contributed by atoms with Gasteiger partial charge >= 0.3 is 0 Å². The lowest BCUT2D eigenvalue weighted by Crippen LogP contribution is -2.50. The van der Waals surface area contributed by atoms with E-state index in [1.807, 2.05) is 25.1 Å². The van der Waals surface area contributed by atoms with Gasteiger partial charge in [-0.05, 0) is 31.5 Å². The van der Waals surface area contributed by atoms with Crippen molar-refractivity contribution in [3.8, 4) is 11.5 Å². The van der Waals surface area contributed by atoms with E-state index in [0.717, 1.165) is 30.8 Å². The maximum absolute atomic E-state index is 12.6. The summed E-state index contributed by atoms with van der Waals surface area (Å²) in [7, 11) is 3.23. The number of amides is 1. The maximum atomic E-state index is 12.6. The molecule has 1 atom stereocenters. The van der Waals surface area contributed by atoms with Gasteiger partial charge in [-0.1, -0.05) is 6.92 Å². The predicted octanol–water partition coefficient (Wildman–Crippen LogP) is 1.81. The predicted molar refractivity (Wildman–Crippen MR) is 78.6 cm³/mol. The van der Waals surface area contributed by atoms with Crippen molar-refractivity contribution in [2.75, 3.05) is 32.2 Å². The Bertz CT molecular complexity index is 474. The van der Waals surface area contributed by atoms with Gasteiger partial charge in [-0.3, -0.25) is 4.79 Å².